The number of aromatic nitrogens is 1. The number of hydrogen-bond donors (Lipinski definition) is 2. The van der Waals surface area contributed by atoms with Crippen molar-refractivity contribution in [3.05, 3.63) is 52.3 Å². The summed E-state index contributed by atoms with van der Waals surface area (Å²) in [7, 11) is 0. The topological polar surface area (TPSA) is 80.7 Å². The maximum absolute atomic E-state index is 8.71. The molecule has 0 amide bonds. The van der Waals surface area contributed by atoms with Gasteiger partial charge in [0.1, 0.15) is 5.75 Å². The van der Waals surface area contributed by atoms with E-state index < -0.39 is 0 Å². The van der Waals surface area contributed by atoms with Crippen molar-refractivity contribution in [1.29, 1.82) is 0 Å². The molecule has 0 aliphatic rings. The molecular formula is C12H9Cl2N3O2. The van der Waals surface area contributed by atoms with Crippen molar-refractivity contribution in [3.8, 4) is 11.5 Å². The molecule has 0 fully saturated rings. The lowest BCUT2D eigenvalue weighted by Gasteiger charge is -2.10. The third-order valence-corrected chi connectivity index (χ3v) is 2.67. The van der Waals surface area contributed by atoms with Gasteiger partial charge in [0, 0.05) is 16.2 Å². The summed E-state index contributed by atoms with van der Waals surface area (Å²) in [5.74, 6) is 0.680. The second kappa shape index (κ2) is 5.77. The minimum Gasteiger partial charge on any atom is -0.455 e. The smallest absolute Gasteiger partial charge is 0.173 e. The summed E-state index contributed by atoms with van der Waals surface area (Å²) in [5.41, 5.74) is 5.96. The average molecular weight is 298 g/mol. The molecule has 2 rings (SSSR count). The Kier molecular flexibility index (Phi) is 4.09. The maximum Gasteiger partial charge on any atom is 0.173 e. The zero-order valence-corrected chi connectivity index (χ0v) is 11.1. The summed E-state index contributed by atoms with van der Waals surface area (Å²) < 4.78 is 5.59. The molecule has 0 bridgehead atoms. The van der Waals surface area contributed by atoms with Gasteiger partial charge in [0.05, 0.1) is 11.8 Å². The first-order valence-electron chi connectivity index (χ1n) is 5.16. The molecule has 0 aliphatic carbocycles. The van der Waals surface area contributed by atoms with Crippen LogP contribution in [-0.4, -0.2) is 16.0 Å². The van der Waals surface area contributed by atoms with Crippen LogP contribution in [0.2, 0.25) is 10.0 Å². The van der Waals surface area contributed by atoms with Gasteiger partial charge in [0.2, 0.25) is 0 Å². The first-order chi connectivity index (χ1) is 9.10. The van der Waals surface area contributed by atoms with Gasteiger partial charge >= 0.3 is 0 Å². The number of nitrogens with two attached hydrogens (primary N) is 1. The van der Waals surface area contributed by atoms with Crippen LogP contribution >= 0.6 is 23.2 Å². The zero-order valence-electron chi connectivity index (χ0n) is 9.55. The second-order valence-electron chi connectivity index (χ2n) is 3.56. The number of amidine groups is 1. The molecule has 1 aromatic carbocycles. The molecular weight excluding hydrogens is 289 g/mol. The van der Waals surface area contributed by atoms with Crippen LogP contribution in [0.1, 0.15) is 5.56 Å². The van der Waals surface area contributed by atoms with Gasteiger partial charge < -0.3 is 15.7 Å². The van der Waals surface area contributed by atoms with Crippen LogP contribution < -0.4 is 10.5 Å². The number of ether oxygens (including phenoxy) is 1. The predicted molar refractivity (Wildman–Crippen MR) is 73.3 cm³/mol. The Hall–Kier alpha value is -1.98. The Morgan fingerprint density at radius 1 is 1.26 bits per heavy atom. The quantitative estimate of drug-likeness (QED) is 0.394. The van der Waals surface area contributed by atoms with Gasteiger partial charge in [0.25, 0.3) is 0 Å². The lowest BCUT2D eigenvalue weighted by atomic mass is 10.2. The van der Waals surface area contributed by atoms with Gasteiger partial charge in [-0.05, 0) is 24.3 Å². The zero-order chi connectivity index (χ0) is 13.8. The fourth-order valence-corrected chi connectivity index (χ4v) is 1.95. The van der Waals surface area contributed by atoms with E-state index in [1.165, 1.54) is 12.4 Å². The molecule has 1 aromatic heterocycles. The SMILES string of the molecule is N/C(=N/O)c1ccncc1Oc1cc(Cl)cc(Cl)c1. The van der Waals surface area contributed by atoms with E-state index in [2.05, 4.69) is 10.1 Å². The highest BCUT2D eigenvalue weighted by molar-refractivity contribution is 6.34. The highest BCUT2D eigenvalue weighted by Crippen LogP contribution is 2.29. The highest BCUT2D eigenvalue weighted by atomic mass is 35.5. The van der Waals surface area contributed by atoms with Crippen LogP contribution in [0.4, 0.5) is 0 Å². The number of rotatable bonds is 3. The molecule has 0 saturated carbocycles. The molecule has 0 saturated heterocycles. The molecule has 7 heteroatoms. The van der Waals surface area contributed by atoms with Crippen molar-refractivity contribution in [1.82, 2.24) is 4.98 Å². The number of hydrogen-bond acceptors (Lipinski definition) is 4. The number of oxime groups is 1. The van der Waals surface area contributed by atoms with Crippen molar-refractivity contribution in [2.24, 2.45) is 10.9 Å². The van der Waals surface area contributed by atoms with Crippen LogP contribution in [0.15, 0.2) is 41.8 Å². The third-order valence-electron chi connectivity index (χ3n) is 2.23. The normalized spacial score (nSPS) is 11.4. The molecule has 0 atom stereocenters. The van der Waals surface area contributed by atoms with Crippen LogP contribution in [0.25, 0.3) is 0 Å². The predicted octanol–water partition coefficient (Wildman–Crippen LogP) is 3.28. The molecule has 1 heterocycles. The summed E-state index contributed by atoms with van der Waals surface area (Å²) >= 11 is 11.8. The minimum absolute atomic E-state index is 0.0782. The van der Waals surface area contributed by atoms with Crippen molar-refractivity contribution in [2.75, 3.05) is 0 Å². The molecule has 0 aliphatic heterocycles. The Labute approximate surface area is 119 Å². The summed E-state index contributed by atoms with van der Waals surface area (Å²) in [6, 6.07) is 6.34. The van der Waals surface area contributed by atoms with Crippen LogP contribution in [0.5, 0.6) is 11.5 Å². The van der Waals surface area contributed by atoms with E-state index in [4.69, 9.17) is 38.9 Å². The number of nitrogens with zero attached hydrogens (tertiary/aromatic N) is 2. The van der Waals surface area contributed by atoms with E-state index in [0.29, 0.717) is 27.1 Å². The monoisotopic (exact) mass is 297 g/mol. The highest BCUT2D eigenvalue weighted by Gasteiger charge is 2.10. The Balaban J connectivity index is 2.38. The van der Waals surface area contributed by atoms with E-state index in [1.54, 1.807) is 24.3 Å². The standard InChI is InChI=1S/C12H9Cl2N3O2/c13-7-3-8(14)5-9(4-7)19-11-6-16-2-1-10(11)12(15)17-18/h1-6,18H,(H2,15,17). The van der Waals surface area contributed by atoms with E-state index in [0.717, 1.165) is 0 Å². The summed E-state index contributed by atoms with van der Waals surface area (Å²) in [6.07, 6.45) is 2.95. The van der Waals surface area contributed by atoms with Crippen molar-refractivity contribution in [3.63, 3.8) is 0 Å². The Morgan fingerprint density at radius 3 is 2.58 bits per heavy atom. The average Bonchev–Trinajstić information content (AvgIpc) is 2.37. The lowest BCUT2D eigenvalue weighted by Crippen LogP contribution is -2.14. The molecule has 0 radical (unpaired) electrons. The summed E-state index contributed by atoms with van der Waals surface area (Å²) in [6.45, 7) is 0. The van der Waals surface area contributed by atoms with Crippen LogP contribution in [0.3, 0.4) is 0 Å². The number of halogens is 2. The molecule has 3 N–H and O–H groups in total. The second-order valence-corrected chi connectivity index (χ2v) is 4.44. The summed E-state index contributed by atoms with van der Waals surface area (Å²) in [5, 5.41) is 12.5. The van der Waals surface area contributed by atoms with E-state index in [-0.39, 0.29) is 5.84 Å². The van der Waals surface area contributed by atoms with Gasteiger partial charge in [0.15, 0.2) is 11.6 Å². The fourth-order valence-electron chi connectivity index (χ4n) is 1.44. The van der Waals surface area contributed by atoms with Gasteiger partial charge in [-0.15, -0.1) is 0 Å². The van der Waals surface area contributed by atoms with Gasteiger partial charge in [-0.2, -0.15) is 0 Å². The molecule has 2 aromatic rings. The maximum atomic E-state index is 8.71. The molecule has 0 unspecified atom stereocenters. The lowest BCUT2D eigenvalue weighted by molar-refractivity contribution is 0.318. The van der Waals surface area contributed by atoms with Crippen molar-refractivity contribution in [2.45, 2.75) is 0 Å². The van der Waals surface area contributed by atoms with Crippen LogP contribution in [-0.2, 0) is 0 Å². The molecule has 19 heavy (non-hydrogen) atoms. The van der Waals surface area contributed by atoms with Crippen LogP contribution in [0, 0.1) is 0 Å². The molecule has 98 valence electrons. The summed E-state index contributed by atoms with van der Waals surface area (Å²) in [4.78, 5) is 3.92. The Bertz CT molecular complexity index is 612. The first kappa shape index (κ1) is 13.5. The minimum atomic E-state index is -0.0782. The number of benzene rings is 1. The Morgan fingerprint density at radius 2 is 1.95 bits per heavy atom. The largest absolute Gasteiger partial charge is 0.455 e. The van der Waals surface area contributed by atoms with Gasteiger partial charge in [-0.3, -0.25) is 4.98 Å². The van der Waals surface area contributed by atoms with Gasteiger partial charge in [-0.1, -0.05) is 28.4 Å². The van der Waals surface area contributed by atoms with E-state index >= 15 is 0 Å². The number of pyridine rings is 1. The van der Waals surface area contributed by atoms with Gasteiger partial charge in [-0.25, -0.2) is 0 Å². The van der Waals surface area contributed by atoms with E-state index in [1.807, 2.05) is 0 Å². The first-order valence-corrected chi connectivity index (χ1v) is 5.91. The molecule has 5 nitrogen and oxygen atoms in total. The third kappa shape index (κ3) is 3.27. The fraction of sp³-hybridized carbons (Fsp3) is 0. The van der Waals surface area contributed by atoms with Crippen molar-refractivity contribution < 1.29 is 9.94 Å². The van der Waals surface area contributed by atoms with E-state index in [9.17, 15) is 0 Å². The van der Waals surface area contributed by atoms with Crippen molar-refractivity contribution >= 4 is 29.0 Å². The molecule has 0 spiro atoms.